The molecule has 102 valence electrons. The Hall–Kier alpha value is -1.84. The highest BCUT2D eigenvalue weighted by Gasteiger charge is 2.25. The first-order valence-corrected chi connectivity index (χ1v) is 8.39. The summed E-state index contributed by atoms with van der Waals surface area (Å²) in [5.41, 5.74) is 0.583. The summed E-state index contributed by atoms with van der Waals surface area (Å²) in [7, 11) is 1.38. The number of hydrogen-bond acceptors (Lipinski definition) is 7. The Labute approximate surface area is 122 Å². The Balaban J connectivity index is 2.31. The second kappa shape index (κ2) is 4.93. The van der Waals surface area contributed by atoms with Gasteiger partial charge in [-0.15, -0.1) is 15.3 Å². The molecule has 0 radical (unpaired) electrons. The van der Waals surface area contributed by atoms with E-state index >= 15 is 0 Å². The SMILES string of the molecule is O=S(=O)(Cl)c1nnc(-c2cnns2)n1-c1ccccc1. The highest BCUT2D eigenvalue weighted by molar-refractivity contribution is 8.13. The number of para-hydroxylation sites is 1. The third kappa shape index (κ3) is 2.30. The number of aromatic nitrogens is 5. The fraction of sp³-hybridized carbons (Fsp3) is 0. The zero-order valence-corrected chi connectivity index (χ0v) is 12.1. The third-order valence-electron chi connectivity index (χ3n) is 2.45. The predicted octanol–water partition coefficient (Wildman–Crippen LogP) is 1.71. The molecule has 7 nitrogen and oxygen atoms in total. The van der Waals surface area contributed by atoms with Crippen LogP contribution in [0.2, 0.25) is 0 Å². The van der Waals surface area contributed by atoms with Crippen molar-refractivity contribution >= 4 is 31.3 Å². The average molecular weight is 328 g/mol. The van der Waals surface area contributed by atoms with Crippen molar-refractivity contribution in [3.8, 4) is 16.4 Å². The maximum atomic E-state index is 11.6. The lowest BCUT2D eigenvalue weighted by Crippen LogP contribution is -2.05. The Kier molecular flexibility index (Phi) is 3.24. The molecule has 2 heterocycles. The van der Waals surface area contributed by atoms with E-state index in [0.717, 1.165) is 11.5 Å². The summed E-state index contributed by atoms with van der Waals surface area (Å²) in [5, 5.41) is 10.9. The molecule has 0 bridgehead atoms. The molecule has 3 rings (SSSR count). The molecule has 0 spiro atoms. The van der Waals surface area contributed by atoms with Crippen LogP contribution >= 0.6 is 22.2 Å². The summed E-state index contributed by atoms with van der Waals surface area (Å²) in [5.74, 6) is 0.324. The van der Waals surface area contributed by atoms with Crippen LogP contribution < -0.4 is 0 Å². The molecule has 0 aliphatic heterocycles. The number of halogens is 1. The van der Waals surface area contributed by atoms with Gasteiger partial charge in [0, 0.05) is 16.4 Å². The van der Waals surface area contributed by atoms with Crippen molar-refractivity contribution in [2.24, 2.45) is 0 Å². The first kappa shape index (κ1) is 13.2. The number of rotatable bonds is 3. The van der Waals surface area contributed by atoms with Gasteiger partial charge in [-0.2, -0.15) is 0 Å². The maximum absolute atomic E-state index is 11.6. The van der Waals surface area contributed by atoms with Gasteiger partial charge < -0.3 is 0 Å². The van der Waals surface area contributed by atoms with Gasteiger partial charge in [-0.25, -0.2) is 8.42 Å². The van der Waals surface area contributed by atoms with Gasteiger partial charge in [0.05, 0.1) is 6.20 Å². The van der Waals surface area contributed by atoms with Gasteiger partial charge in [-0.3, -0.25) is 4.57 Å². The van der Waals surface area contributed by atoms with Gasteiger partial charge in [0.15, 0.2) is 5.82 Å². The normalized spacial score (nSPS) is 11.7. The van der Waals surface area contributed by atoms with Crippen molar-refractivity contribution < 1.29 is 8.42 Å². The van der Waals surface area contributed by atoms with Crippen molar-refractivity contribution in [2.45, 2.75) is 5.16 Å². The molecule has 3 aromatic rings. The average Bonchev–Trinajstić information content (AvgIpc) is 3.07. The second-order valence-corrected chi connectivity index (χ2v) is 6.94. The summed E-state index contributed by atoms with van der Waals surface area (Å²) in [6.45, 7) is 0. The lowest BCUT2D eigenvalue weighted by molar-refractivity contribution is 0.597. The summed E-state index contributed by atoms with van der Waals surface area (Å²) >= 11 is 1.09. The van der Waals surface area contributed by atoms with Gasteiger partial charge in [0.1, 0.15) is 4.88 Å². The smallest absolute Gasteiger partial charge is 0.264 e. The molecule has 20 heavy (non-hydrogen) atoms. The van der Waals surface area contributed by atoms with Crippen molar-refractivity contribution in [1.82, 2.24) is 24.4 Å². The quantitative estimate of drug-likeness (QED) is 0.680. The van der Waals surface area contributed by atoms with Crippen molar-refractivity contribution in [1.29, 1.82) is 0 Å². The fourth-order valence-electron chi connectivity index (χ4n) is 1.66. The van der Waals surface area contributed by atoms with Crippen LogP contribution in [0.15, 0.2) is 41.7 Å². The second-order valence-electron chi connectivity index (χ2n) is 3.70. The van der Waals surface area contributed by atoms with Crippen molar-refractivity contribution in [3.05, 3.63) is 36.5 Å². The summed E-state index contributed by atoms with van der Waals surface area (Å²) in [6.07, 6.45) is 1.48. The minimum atomic E-state index is -4.03. The van der Waals surface area contributed by atoms with Crippen LogP contribution in [0.4, 0.5) is 0 Å². The Morgan fingerprint density at radius 2 is 1.90 bits per heavy atom. The fourth-order valence-corrected chi connectivity index (χ4v) is 3.00. The van der Waals surface area contributed by atoms with E-state index in [1.165, 1.54) is 10.8 Å². The van der Waals surface area contributed by atoms with E-state index in [1.54, 1.807) is 24.3 Å². The summed E-state index contributed by atoms with van der Waals surface area (Å²) in [4.78, 5) is 0.591. The molecule has 0 saturated carbocycles. The van der Waals surface area contributed by atoms with Crippen molar-refractivity contribution in [2.75, 3.05) is 0 Å². The molecule has 0 unspecified atom stereocenters. The zero-order valence-electron chi connectivity index (χ0n) is 9.71. The topological polar surface area (TPSA) is 90.6 Å². The van der Waals surface area contributed by atoms with E-state index in [9.17, 15) is 8.42 Å². The number of benzene rings is 1. The highest BCUT2D eigenvalue weighted by Crippen LogP contribution is 2.27. The molecule has 0 aliphatic carbocycles. The van der Waals surface area contributed by atoms with E-state index < -0.39 is 9.05 Å². The molecule has 0 fully saturated rings. The Bertz CT molecular complexity index is 830. The van der Waals surface area contributed by atoms with Gasteiger partial charge in [0.2, 0.25) is 0 Å². The highest BCUT2D eigenvalue weighted by atomic mass is 35.7. The van der Waals surface area contributed by atoms with Crippen LogP contribution in [0.5, 0.6) is 0 Å². The third-order valence-corrected chi connectivity index (χ3v) is 4.22. The van der Waals surface area contributed by atoms with E-state index in [0.29, 0.717) is 16.4 Å². The van der Waals surface area contributed by atoms with Gasteiger partial charge >= 0.3 is 0 Å². The van der Waals surface area contributed by atoms with Gasteiger partial charge in [-0.1, -0.05) is 22.7 Å². The predicted molar refractivity (Wildman–Crippen MR) is 73.3 cm³/mol. The summed E-state index contributed by atoms with van der Waals surface area (Å²) < 4.78 is 28.3. The Morgan fingerprint density at radius 3 is 2.50 bits per heavy atom. The molecule has 0 N–H and O–H groups in total. The van der Waals surface area contributed by atoms with Crippen LogP contribution in [-0.2, 0) is 9.05 Å². The van der Waals surface area contributed by atoms with Crippen LogP contribution in [-0.4, -0.2) is 32.8 Å². The van der Waals surface area contributed by atoms with Crippen LogP contribution in [0.3, 0.4) is 0 Å². The largest absolute Gasteiger partial charge is 0.297 e. The minimum absolute atomic E-state index is 0.324. The van der Waals surface area contributed by atoms with Crippen LogP contribution in [0, 0.1) is 0 Å². The molecule has 0 amide bonds. The maximum Gasteiger partial charge on any atom is 0.297 e. The lowest BCUT2D eigenvalue weighted by Gasteiger charge is -2.06. The van der Waals surface area contributed by atoms with E-state index in [4.69, 9.17) is 10.7 Å². The van der Waals surface area contributed by atoms with Crippen LogP contribution in [0.25, 0.3) is 16.4 Å². The standard InChI is InChI=1S/C10H6ClN5O2S2/c11-20(17,18)10-14-13-9(8-6-12-15-19-8)16(10)7-4-2-1-3-5-7/h1-6H. The van der Waals surface area contributed by atoms with Crippen LogP contribution in [0.1, 0.15) is 0 Å². The molecule has 0 aliphatic rings. The lowest BCUT2D eigenvalue weighted by atomic mass is 10.3. The van der Waals surface area contributed by atoms with Crippen molar-refractivity contribution in [3.63, 3.8) is 0 Å². The number of nitrogens with zero attached hydrogens (tertiary/aromatic N) is 5. The molecular weight excluding hydrogens is 322 g/mol. The molecular formula is C10H6ClN5O2S2. The molecule has 1 aromatic carbocycles. The monoisotopic (exact) mass is 327 g/mol. The first-order valence-electron chi connectivity index (χ1n) is 5.30. The van der Waals surface area contributed by atoms with Gasteiger partial charge in [0.25, 0.3) is 14.2 Å². The molecule has 10 heteroatoms. The zero-order chi connectivity index (χ0) is 14.2. The van der Waals surface area contributed by atoms with E-state index in [-0.39, 0.29) is 5.16 Å². The minimum Gasteiger partial charge on any atom is -0.264 e. The van der Waals surface area contributed by atoms with E-state index in [2.05, 4.69) is 19.8 Å². The Morgan fingerprint density at radius 1 is 1.15 bits per heavy atom. The molecule has 0 atom stereocenters. The molecule has 2 aromatic heterocycles. The number of hydrogen-bond donors (Lipinski definition) is 0. The summed E-state index contributed by atoms with van der Waals surface area (Å²) in [6, 6.07) is 8.82. The molecule has 0 saturated heterocycles. The first-order chi connectivity index (χ1) is 9.57. The van der Waals surface area contributed by atoms with E-state index in [1.807, 2.05) is 6.07 Å². The van der Waals surface area contributed by atoms with Gasteiger partial charge in [-0.05, 0) is 23.7 Å².